The third-order valence-electron chi connectivity index (χ3n) is 3.93. The van der Waals surface area contributed by atoms with Gasteiger partial charge in [0.05, 0.1) is 6.33 Å². The average molecular weight is 270 g/mol. The van der Waals surface area contributed by atoms with E-state index in [1.807, 2.05) is 18.7 Å². The minimum absolute atomic E-state index is 0.936. The van der Waals surface area contributed by atoms with Crippen molar-refractivity contribution < 1.29 is 0 Å². The maximum atomic E-state index is 4.04. The number of rotatable bonds is 5. The van der Waals surface area contributed by atoms with Gasteiger partial charge in [0.1, 0.15) is 0 Å². The molecule has 20 heavy (non-hydrogen) atoms. The molecule has 2 aromatic rings. The van der Waals surface area contributed by atoms with E-state index in [0.29, 0.717) is 0 Å². The SMILES string of the molecule is CN1CCCc2cc(CNCCn3ccnc3)ccc21. The average Bonchev–Trinajstić information content (AvgIpc) is 2.97. The predicted octanol–water partition coefficient (Wildman–Crippen LogP) is 2.06. The highest BCUT2D eigenvalue weighted by atomic mass is 15.1. The van der Waals surface area contributed by atoms with Crippen LogP contribution in [0.5, 0.6) is 0 Å². The van der Waals surface area contributed by atoms with E-state index in [4.69, 9.17) is 0 Å². The molecule has 0 spiro atoms. The Hall–Kier alpha value is -1.81. The zero-order valence-electron chi connectivity index (χ0n) is 12.0. The predicted molar refractivity (Wildman–Crippen MR) is 82.0 cm³/mol. The molecule has 1 aromatic carbocycles. The Morgan fingerprint density at radius 1 is 1.35 bits per heavy atom. The zero-order valence-corrected chi connectivity index (χ0v) is 12.0. The van der Waals surface area contributed by atoms with Crippen molar-refractivity contribution in [1.82, 2.24) is 14.9 Å². The normalized spacial score (nSPS) is 14.3. The van der Waals surface area contributed by atoms with Crippen molar-refractivity contribution in [2.75, 3.05) is 25.0 Å². The number of nitrogens with zero attached hydrogens (tertiary/aromatic N) is 3. The molecule has 0 aliphatic carbocycles. The first-order valence-corrected chi connectivity index (χ1v) is 7.32. The summed E-state index contributed by atoms with van der Waals surface area (Å²) in [5.74, 6) is 0. The Balaban J connectivity index is 1.53. The molecule has 2 heterocycles. The van der Waals surface area contributed by atoms with Gasteiger partial charge in [-0.25, -0.2) is 4.98 Å². The Labute approximate surface area is 120 Å². The van der Waals surface area contributed by atoms with Crippen LogP contribution in [0.25, 0.3) is 0 Å². The Morgan fingerprint density at radius 3 is 3.15 bits per heavy atom. The monoisotopic (exact) mass is 270 g/mol. The molecule has 0 fully saturated rings. The third-order valence-corrected chi connectivity index (χ3v) is 3.93. The third kappa shape index (κ3) is 3.02. The number of imidazole rings is 1. The van der Waals surface area contributed by atoms with Crippen LogP contribution in [-0.4, -0.2) is 29.7 Å². The molecular formula is C16H22N4. The fourth-order valence-corrected chi connectivity index (χ4v) is 2.81. The molecule has 1 N–H and O–H groups in total. The van der Waals surface area contributed by atoms with Gasteiger partial charge in [-0.05, 0) is 30.0 Å². The van der Waals surface area contributed by atoms with Crippen molar-refractivity contribution in [2.24, 2.45) is 0 Å². The second-order valence-electron chi connectivity index (χ2n) is 5.47. The molecule has 0 radical (unpaired) electrons. The molecule has 4 heteroatoms. The number of benzene rings is 1. The van der Waals surface area contributed by atoms with Crippen molar-refractivity contribution in [1.29, 1.82) is 0 Å². The molecule has 4 nitrogen and oxygen atoms in total. The molecule has 0 unspecified atom stereocenters. The highest BCUT2D eigenvalue weighted by Gasteiger charge is 2.13. The van der Waals surface area contributed by atoms with Crippen molar-refractivity contribution in [3.8, 4) is 0 Å². The van der Waals surface area contributed by atoms with E-state index in [-0.39, 0.29) is 0 Å². The van der Waals surface area contributed by atoms with E-state index in [9.17, 15) is 0 Å². The van der Waals surface area contributed by atoms with Crippen LogP contribution >= 0.6 is 0 Å². The smallest absolute Gasteiger partial charge is 0.0946 e. The molecule has 0 saturated carbocycles. The lowest BCUT2D eigenvalue weighted by Gasteiger charge is -2.27. The summed E-state index contributed by atoms with van der Waals surface area (Å²) in [6.45, 7) is 4.04. The molecule has 3 rings (SSSR count). The van der Waals surface area contributed by atoms with Gasteiger partial charge >= 0.3 is 0 Å². The fourth-order valence-electron chi connectivity index (χ4n) is 2.81. The number of hydrogen-bond donors (Lipinski definition) is 1. The minimum Gasteiger partial charge on any atom is -0.374 e. The summed E-state index contributed by atoms with van der Waals surface area (Å²) < 4.78 is 2.09. The lowest BCUT2D eigenvalue weighted by atomic mass is 9.99. The second kappa shape index (κ2) is 6.09. The van der Waals surface area contributed by atoms with Crippen molar-refractivity contribution in [2.45, 2.75) is 25.9 Å². The summed E-state index contributed by atoms with van der Waals surface area (Å²) in [5.41, 5.74) is 4.27. The summed E-state index contributed by atoms with van der Waals surface area (Å²) >= 11 is 0. The van der Waals surface area contributed by atoms with Gasteiger partial charge in [0.15, 0.2) is 0 Å². The van der Waals surface area contributed by atoms with Crippen LogP contribution in [0.4, 0.5) is 5.69 Å². The minimum atomic E-state index is 0.936. The molecular weight excluding hydrogens is 248 g/mol. The summed E-state index contributed by atoms with van der Waals surface area (Å²) in [6, 6.07) is 6.86. The number of nitrogens with one attached hydrogen (secondary N) is 1. The van der Waals surface area contributed by atoms with E-state index in [0.717, 1.165) is 19.6 Å². The van der Waals surface area contributed by atoms with E-state index >= 15 is 0 Å². The van der Waals surface area contributed by atoms with Gasteiger partial charge in [-0.2, -0.15) is 0 Å². The topological polar surface area (TPSA) is 33.1 Å². The number of aromatic nitrogens is 2. The number of aryl methyl sites for hydroxylation is 1. The second-order valence-corrected chi connectivity index (χ2v) is 5.47. The van der Waals surface area contributed by atoms with E-state index in [2.05, 4.69) is 45.0 Å². The van der Waals surface area contributed by atoms with Gasteiger partial charge < -0.3 is 14.8 Å². The van der Waals surface area contributed by atoms with Gasteiger partial charge in [-0.1, -0.05) is 12.1 Å². The molecule has 0 atom stereocenters. The molecule has 0 saturated heterocycles. The van der Waals surface area contributed by atoms with Crippen LogP contribution in [0, 0.1) is 0 Å². The molecule has 1 aliphatic rings. The number of anilines is 1. The van der Waals surface area contributed by atoms with Gasteiger partial charge in [-0.15, -0.1) is 0 Å². The number of fused-ring (bicyclic) bond motifs is 1. The quantitative estimate of drug-likeness (QED) is 0.844. The first-order valence-electron chi connectivity index (χ1n) is 7.32. The molecule has 1 aromatic heterocycles. The van der Waals surface area contributed by atoms with Crippen LogP contribution in [0.15, 0.2) is 36.9 Å². The number of hydrogen-bond acceptors (Lipinski definition) is 3. The summed E-state index contributed by atoms with van der Waals surface area (Å²) in [4.78, 5) is 6.40. The summed E-state index contributed by atoms with van der Waals surface area (Å²) in [7, 11) is 2.18. The maximum Gasteiger partial charge on any atom is 0.0946 e. The fraction of sp³-hybridized carbons (Fsp3) is 0.438. The van der Waals surface area contributed by atoms with Crippen LogP contribution in [0.2, 0.25) is 0 Å². The van der Waals surface area contributed by atoms with Gasteiger partial charge in [0, 0.05) is 51.3 Å². The van der Waals surface area contributed by atoms with Crippen LogP contribution in [-0.2, 0) is 19.5 Å². The van der Waals surface area contributed by atoms with Gasteiger partial charge in [-0.3, -0.25) is 0 Å². The first-order chi connectivity index (χ1) is 9.83. The summed E-state index contributed by atoms with van der Waals surface area (Å²) in [6.07, 6.45) is 8.15. The Bertz CT molecular complexity index is 548. The van der Waals surface area contributed by atoms with Crippen LogP contribution < -0.4 is 10.2 Å². The van der Waals surface area contributed by atoms with E-state index in [1.54, 1.807) is 0 Å². The maximum absolute atomic E-state index is 4.04. The Morgan fingerprint density at radius 2 is 2.30 bits per heavy atom. The largest absolute Gasteiger partial charge is 0.374 e. The molecule has 0 bridgehead atoms. The van der Waals surface area contributed by atoms with Crippen molar-refractivity contribution >= 4 is 5.69 Å². The lowest BCUT2D eigenvalue weighted by molar-refractivity contribution is 0.597. The summed E-state index contributed by atoms with van der Waals surface area (Å²) in [5, 5.41) is 3.50. The highest BCUT2D eigenvalue weighted by Crippen LogP contribution is 2.26. The van der Waals surface area contributed by atoms with Crippen molar-refractivity contribution in [3.63, 3.8) is 0 Å². The van der Waals surface area contributed by atoms with E-state index in [1.165, 1.54) is 36.2 Å². The van der Waals surface area contributed by atoms with Gasteiger partial charge in [0.2, 0.25) is 0 Å². The lowest BCUT2D eigenvalue weighted by Crippen LogP contribution is -2.25. The highest BCUT2D eigenvalue weighted by molar-refractivity contribution is 5.56. The van der Waals surface area contributed by atoms with Crippen molar-refractivity contribution in [3.05, 3.63) is 48.0 Å². The molecule has 106 valence electrons. The van der Waals surface area contributed by atoms with E-state index < -0.39 is 0 Å². The zero-order chi connectivity index (χ0) is 13.8. The van der Waals surface area contributed by atoms with Gasteiger partial charge in [0.25, 0.3) is 0 Å². The first kappa shape index (κ1) is 13.2. The molecule has 0 amide bonds. The van der Waals surface area contributed by atoms with Crippen LogP contribution in [0.3, 0.4) is 0 Å². The Kier molecular flexibility index (Phi) is 4.02. The molecule has 1 aliphatic heterocycles. The standard InChI is InChI=1S/C16H22N4/c1-19-8-2-3-15-11-14(4-5-16(15)19)12-17-6-9-20-10-7-18-13-20/h4-5,7,10-11,13,17H,2-3,6,8-9,12H2,1H3. The van der Waals surface area contributed by atoms with Crippen LogP contribution in [0.1, 0.15) is 17.5 Å².